The van der Waals surface area contributed by atoms with E-state index < -0.39 is 0 Å². The molecule has 2 N–H and O–H groups in total. The fraction of sp³-hybridized carbons (Fsp3) is 0.562. The van der Waals surface area contributed by atoms with Gasteiger partial charge in [0.05, 0.1) is 23.5 Å². The Morgan fingerprint density at radius 3 is 2.70 bits per heavy atom. The Hall–Kier alpha value is -1.71. The largest absolute Gasteiger partial charge is 0.462 e. The molecule has 1 fully saturated rings. The number of carbonyl (C=O) groups is 1. The smallest absolute Gasteiger partial charge is 0.338 e. The second-order valence-corrected chi connectivity index (χ2v) is 5.53. The van der Waals surface area contributed by atoms with Gasteiger partial charge in [-0.15, -0.1) is 0 Å². The summed E-state index contributed by atoms with van der Waals surface area (Å²) < 4.78 is 4.98. The first kappa shape index (κ1) is 14.7. The van der Waals surface area contributed by atoms with Crippen molar-refractivity contribution in [2.75, 3.05) is 30.8 Å². The van der Waals surface area contributed by atoms with Gasteiger partial charge < -0.3 is 15.4 Å². The van der Waals surface area contributed by atoms with Crippen molar-refractivity contribution in [3.63, 3.8) is 0 Å². The van der Waals surface area contributed by atoms with Crippen LogP contribution in [0, 0.1) is 5.92 Å². The number of nitrogens with two attached hydrogens (primary N) is 1. The van der Waals surface area contributed by atoms with Crippen LogP contribution in [0.4, 0.5) is 11.4 Å². The molecule has 0 aliphatic heterocycles. The first-order chi connectivity index (χ1) is 9.61. The number of benzene rings is 1. The van der Waals surface area contributed by atoms with E-state index in [4.69, 9.17) is 10.5 Å². The SMILES string of the molecule is CCOC(=O)c1ccc(N(C)CC2CCCC2)c(N)c1. The molecule has 2 rings (SSSR count). The molecule has 0 atom stereocenters. The molecule has 0 saturated heterocycles. The number of ether oxygens (including phenoxy) is 1. The van der Waals surface area contributed by atoms with E-state index in [1.807, 2.05) is 6.07 Å². The summed E-state index contributed by atoms with van der Waals surface area (Å²) in [5.74, 6) is 0.452. The molecule has 110 valence electrons. The summed E-state index contributed by atoms with van der Waals surface area (Å²) in [5.41, 5.74) is 8.22. The fourth-order valence-corrected chi connectivity index (χ4v) is 2.92. The lowest BCUT2D eigenvalue weighted by atomic mass is 10.1. The van der Waals surface area contributed by atoms with Crippen LogP contribution in [0.1, 0.15) is 43.0 Å². The second kappa shape index (κ2) is 6.64. The zero-order chi connectivity index (χ0) is 14.5. The quantitative estimate of drug-likeness (QED) is 0.663. The molecule has 4 nitrogen and oxygen atoms in total. The van der Waals surface area contributed by atoms with Gasteiger partial charge in [-0.3, -0.25) is 0 Å². The normalized spacial score (nSPS) is 15.3. The Labute approximate surface area is 120 Å². The maximum absolute atomic E-state index is 11.7. The summed E-state index contributed by atoms with van der Waals surface area (Å²) in [6.07, 6.45) is 5.31. The molecule has 0 heterocycles. The third-order valence-corrected chi connectivity index (χ3v) is 3.96. The van der Waals surface area contributed by atoms with Crippen LogP contribution in [0.2, 0.25) is 0 Å². The lowest BCUT2D eigenvalue weighted by Crippen LogP contribution is -2.25. The minimum absolute atomic E-state index is 0.316. The third kappa shape index (κ3) is 3.44. The van der Waals surface area contributed by atoms with Gasteiger partial charge in [0.2, 0.25) is 0 Å². The van der Waals surface area contributed by atoms with Crippen LogP contribution in [0.5, 0.6) is 0 Å². The molecule has 1 saturated carbocycles. The predicted molar refractivity (Wildman–Crippen MR) is 82.0 cm³/mol. The van der Waals surface area contributed by atoms with Gasteiger partial charge in [0.25, 0.3) is 0 Å². The number of rotatable bonds is 5. The van der Waals surface area contributed by atoms with Crippen molar-refractivity contribution in [3.05, 3.63) is 23.8 Å². The van der Waals surface area contributed by atoms with Crippen molar-refractivity contribution >= 4 is 17.3 Å². The van der Waals surface area contributed by atoms with Gasteiger partial charge in [-0.25, -0.2) is 4.79 Å². The number of anilines is 2. The molecular weight excluding hydrogens is 252 g/mol. The van der Waals surface area contributed by atoms with E-state index in [-0.39, 0.29) is 5.97 Å². The predicted octanol–water partition coefficient (Wildman–Crippen LogP) is 3.07. The van der Waals surface area contributed by atoms with Crippen LogP contribution >= 0.6 is 0 Å². The van der Waals surface area contributed by atoms with Crippen LogP contribution in [-0.2, 0) is 4.74 Å². The number of nitrogens with zero attached hydrogens (tertiary/aromatic N) is 1. The second-order valence-electron chi connectivity index (χ2n) is 5.53. The molecule has 1 aromatic rings. The van der Waals surface area contributed by atoms with E-state index in [0.717, 1.165) is 18.2 Å². The molecule has 4 heteroatoms. The molecule has 0 amide bonds. The van der Waals surface area contributed by atoms with Crippen LogP contribution in [0.3, 0.4) is 0 Å². The average molecular weight is 276 g/mol. The van der Waals surface area contributed by atoms with Crippen LogP contribution < -0.4 is 10.6 Å². The third-order valence-electron chi connectivity index (χ3n) is 3.96. The molecule has 1 aromatic carbocycles. The van der Waals surface area contributed by atoms with E-state index in [9.17, 15) is 4.79 Å². The highest BCUT2D eigenvalue weighted by Gasteiger charge is 2.18. The Morgan fingerprint density at radius 1 is 1.40 bits per heavy atom. The standard InChI is InChI=1S/C16H24N2O2/c1-3-20-16(19)13-8-9-15(14(17)10-13)18(2)11-12-6-4-5-7-12/h8-10,12H,3-7,11,17H2,1-2H3. The lowest BCUT2D eigenvalue weighted by Gasteiger charge is -2.24. The van der Waals surface area contributed by atoms with Crippen molar-refractivity contribution in [2.24, 2.45) is 5.92 Å². The Bertz CT molecular complexity index is 468. The van der Waals surface area contributed by atoms with Gasteiger partial charge in [-0.1, -0.05) is 12.8 Å². The summed E-state index contributed by atoms with van der Waals surface area (Å²) in [6, 6.07) is 5.41. The van der Waals surface area contributed by atoms with Gasteiger partial charge in [0, 0.05) is 13.6 Å². The molecule has 0 bridgehead atoms. The maximum Gasteiger partial charge on any atom is 0.338 e. The highest BCUT2D eigenvalue weighted by atomic mass is 16.5. The van der Waals surface area contributed by atoms with Crippen molar-refractivity contribution in [1.29, 1.82) is 0 Å². The molecule has 1 aliphatic rings. The zero-order valence-corrected chi connectivity index (χ0v) is 12.4. The van der Waals surface area contributed by atoms with Gasteiger partial charge >= 0.3 is 5.97 Å². The number of hydrogen-bond acceptors (Lipinski definition) is 4. The van der Waals surface area contributed by atoms with Gasteiger partial charge in [0.1, 0.15) is 0 Å². The minimum Gasteiger partial charge on any atom is -0.462 e. The number of carbonyl (C=O) groups excluding carboxylic acids is 1. The molecular formula is C16H24N2O2. The average Bonchev–Trinajstić information content (AvgIpc) is 2.91. The van der Waals surface area contributed by atoms with Crippen molar-refractivity contribution < 1.29 is 9.53 Å². The van der Waals surface area contributed by atoms with Gasteiger partial charge in [0.15, 0.2) is 0 Å². The molecule has 1 aliphatic carbocycles. The lowest BCUT2D eigenvalue weighted by molar-refractivity contribution is 0.0526. The van der Waals surface area contributed by atoms with Crippen LogP contribution in [-0.4, -0.2) is 26.2 Å². The zero-order valence-electron chi connectivity index (χ0n) is 12.4. The maximum atomic E-state index is 11.7. The monoisotopic (exact) mass is 276 g/mol. The summed E-state index contributed by atoms with van der Waals surface area (Å²) in [5, 5.41) is 0. The first-order valence-corrected chi connectivity index (χ1v) is 7.39. The number of nitrogen functional groups attached to an aromatic ring is 1. The highest BCUT2D eigenvalue weighted by Crippen LogP contribution is 2.29. The summed E-state index contributed by atoms with van der Waals surface area (Å²) in [6.45, 7) is 3.20. The summed E-state index contributed by atoms with van der Waals surface area (Å²) >= 11 is 0. The van der Waals surface area contributed by atoms with Crippen LogP contribution in [0.25, 0.3) is 0 Å². The van der Waals surface area contributed by atoms with Crippen molar-refractivity contribution in [2.45, 2.75) is 32.6 Å². The number of esters is 1. The molecule has 20 heavy (non-hydrogen) atoms. The van der Waals surface area contributed by atoms with Gasteiger partial charge in [-0.2, -0.15) is 0 Å². The van der Waals surface area contributed by atoms with Crippen molar-refractivity contribution in [3.8, 4) is 0 Å². The first-order valence-electron chi connectivity index (χ1n) is 7.39. The minimum atomic E-state index is -0.316. The molecule has 0 spiro atoms. The van der Waals surface area contributed by atoms with E-state index in [1.54, 1.807) is 19.1 Å². The van der Waals surface area contributed by atoms with Gasteiger partial charge in [-0.05, 0) is 43.9 Å². The van der Waals surface area contributed by atoms with E-state index >= 15 is 0 Å². The summed E-state index contributed by atoms with van der Waals surface area (Å²) in [7, 11) is 2.06. The Kier molecular flexibility index (Phi) is 4.88. The van der Waals surface area contributed by atoms with Crippen LogP contribution in [0.15, 0.2) is 18.2 Å². The topological polar surface area (TPSA) is 55.6 Å². The van der Waals surface area contributed by atoms with E-state index in [2.05, 4.69) is 11.9 Å². The molecule has 0 aromatic heterocycles. The Balaban J connectivity index is 2.06. The fourth-order valence-electron chi connectivity index (χ4n) is 2.92. The van der Waals surface area contributed by atoms with E-state index in [1.165, 1.54) is 25.7 Å². The highest BCUT2D eigenvalue weighted by molar-refractivity contribution is 5.92. The summed E-state index contributed by atoms with van der Waals surface area (Å²) in [4.78, 5) is 13.9. The molecule has 0 radical (unpaired) electrons. The Morgan fingerprint density at radius 2 is 2.10 bits per heavy atom. The number of hydrogen-bond donors (Lipinski definition) is 1. The van der Waals surface area contributed by atoms with Crippen molar-refractivity contribution in [1.82, 2.24) is 0 Å². The molecule has 0 unspecified atom stereocenters. The van der Waals surface area contributed by atoms with E-state index in [0.29, 0.717) is 17.9 Å².